The van der Waals surface area contributed by atoms with Gasteiger partial charge in [0.25, 0.3) is 0 Å². The van der Waals surface area contributed by atoms with Crippen molar-refractivity contribution < 1.29 is 14.3 Å². The smallest absolute Gasteiger partial charge is 0.232 e. The van der Waals surface area contributed by atoms with Gasteiger partial charge in [-0.3, -0.25) is 14.5 Å². The highest BCUT2D eigenvalue weighted by Gasteiger charge is 2.22. The topological polar surface area (TPSA) is 53.1 Å². The van der Waals surface area contributed by atoms with Gasteiger partial charge in [-0.15, -0.1) is 23.1 Å². The first-order valence-corrected chi connectivity index (χ1v) is 13.2. The SMILES string of the molecule is O=C(CSCC(=O)N1CCN(Cc2ccc(-c3ccccc3Cl)s2)CC1)N1CCOCC1. The number of piperazine rings is 1. The van der Waals surface area contributed by atoms with E-state index in [4.69, 9.17) is 16.3 Å². The van der Waals surface area contributed by atoms with E-state index < -0.39 is 0 Å². The lowest BCUT2D eigenvalue weighted by atomic mass is 10.2. The van der Waals surface area contributed by atoms with Crippen molar-refractivity contribution in [2.75, 3.05) is 64.0 Å². The van der Waals surface area contributed by atoms with Crippen LogP contribution in [0.5, 0.6) is 0 Å². The highest BCUT2D eigenvalue weighted by Crippen LogP contribution is 2.33. The van der Waals surface area contributed by atoms with Gasteiger partial charge in [0.05, 0.1) is 24.7 Å². The van der Waals surface area contributed by atoms with E-state index in [2.05, 4.69) is 23.1 Å². The van der Waals surface area contributed by atoms with Crippen LogP contribution in [0, 0.1) is 0 Å². The molecule has 0 atom stereocenters. The molecule has 0 aliphatic carbocycles. The standard InChI is InChI=1S/C23H28ClN3O3S2/c24-20-4-2-1-3-19(20)21-6-5-18(32-21)15-25-7-9-26(10-8-25)22(28)16-31-17-23(29)27-11-13-30-14-12-27/h1-6H,7-17H2. The molecule has 1 aromatic carbocycles. The average Bonchev–Trinajstić information content (AvgIpc) is 3.28. The third-order valence-corrected chi connectivity index (χ3v) is 8.06. The number of hydrogen-bond donors (Lipinski definition) is 0. The Hall–Kier alpha value is -1.58. The van der Waals surface area contributed by atoms with E-state index in [0.29, 0.717) is 37.8 Å². The zero-order valence-electron chi connectivity index (χ0n) is 18.0. The van der Waals surface area contributed by atoms with E-state index >= 15 is 0 Å². The van der Waals surface area contributed by atoms with Gasteiger partial charge in [-0.25, -0.2) is 0 Å². The monoisotopic (exact) mass is 493 g/mol. The minimum absolute atomic E-state index is 0.100. The van der Waals surface area contributed by atoms with Crippen LogP contribution in [0.2, 0.25) is 5.02 Å². The molecule has 9 heteroatoms. The van der Waals surface area contributed by atoms with Crippen molar-refractivity contribution in [1.29, 1.82) is 0 Å². The molecule has 2 saturated heterocycles. The normalized spacial score (nSPS) is 17.5. The van der Waals surface area contributed by atoms with E-state index in [1.165, 1.54) is 21.5 Å². The molecule has 0 spiro atoms. The van der Waals surface area contributed by atoms with Crippen LogP contribution >= 0.6 is 34.7 Å². The lowest BCUT2D eigenvalue weighted by Crippen LogP contribution is -2.48. The summed E-state index contributed by atoms with van der Waals surface area (Å²) in [6.07, 6.45) is 0. The number of thioether (sulfide) groups is 1. The highest BCUT2D eigenvalue weighted by atomic mass is 35.5. The number of nitrogens with zero attached hydrogens (tertiary/aromatic N) is 3. The Morgan fingerprint density at radius 1 is 0.906 bits per heavy atom. The molecule has 32 heavy (non-hydrogen) atoms. The lowest BCUT2D eigenvalue weighted by molar-refractivity contribution is -0.132. The molecule has 0 N–H and O–H groups in total. The second-order valence-corrected chi connectivity index (χ2v) is 10.4. The van der Waals surface area contributed by atoms with Crippen molar-refractivity contribution in [3.8, 4) is 10.4 Å². The Morgan fingerprint density at radius 3 is 2.25 bits per heavy atom. The summed E-state index contributed by atoms with van der Waals surface area (Å²) in [5.74, 6) is 0.949. The van der Waals surface area contributed by atoms with E-state index in [9.17, 15) is 9.59 Å². The van der Waals surface area contributed by atoms with Crippen molar-refractivity contribution in [2.24, 2.45) is 0 Å². The van der Waals surface area contributed by atoms with Crippen molar-refractivity contribution in [3.05, 3.63) is 46.3 Å². The first-order chi connectivity index (χ1) is 15.6. The number of halogens is 1. The molecule has 0 saturated carbocycles. The predicted molar refractivity (Wildman–Crippen MR) is 131 cm³/mol. The predicted octanol–water partition coefficient (Wildman–Crippen LogP) is 3.30. The van der Waals surface area contributed by atoms with Gasteiger partial charge in [0.15, 0.2) is 0 Å². The van der Waals surface area contributed by atoms with Crippen molar-refractivity contribution in [2.45, 2.75) is 6.54 Å². The number of ether oxygens (including phenoxy) is 1. The molecular weight excluding hydrogens is 466 g/mol. The van der Waals surface area contributed by atoms with Gasteiger partial charge < -0.3 is 14.5 Å². The molecule has 2 aromatic rings. The molecule has 2 amide bonds. The van der Waals surface area contributed by atoms with E-state index in [0.717, 1.165) is 43.3 Å². The molecule has 1 aromatic heterocycles. The summed E-state index contributed by atoms with van der Waals surface area (Å²) in [5.41, 5.74) is 1.07. The van der Waals surface area contributed by atoms with Crippen LogP contribution in [0.3, 0.4) is 0 Å². The molecule has 3 heterocycles. The van der Waals surface area contributed by atoms with Gasteiger partial charge in [-0.2, -0.15) is 0 Å². The Morgan fingerprint density at radius 2 is 1.56 bits per heavy atom. The zero-order chi connectivity index (χ0) is 22.3. The van der Waals surface area contributed by atoms with Crippen LogP contribution < -0.4 is 0 Å². The van der Waals surface area contributed by atoms with Crippen LogP contribution in [0.15, 0.2) is 36.4 Å². The van der Waals surface area contributed by atoms with Crippen LogP contribution in [0.25, 0.3) is 10.4 Å². The van der Waals surface area contributed by atoms with Gasteiger partial charge in [-0.1, -0.05) is 29.8 Å². The molecule has 6 nitrogen and oxygen atoms in total. The fourth-order valence-corrected chi connectivity index (χ4v) is 6.07. The van der Waals surface area contributed by atoms with Gasteiger partial charge in [-0.05, 0) is 18.2 Å². The summed E-state index contributed by atoms with van der Waals surface area (Å²) in [6.45, 7) is 6.60. The van der Waals surface area contributed by atoms with Crippen LogP contribution in [0.1, 0.15) is 4.88 Å². The molecule has 0 radical (unpaired) electrons. The Bertz CT molecular complexity index is 925. The van der Waals surface area contributed by atoms with E-state index in [-0.39, 0.29) is 11.8 Å². The van der Waals surface area contributed by atoms with Gasteiger partial charge >= 0.3 is 0 Å². The summed E-state index contributed by atoms with van der Waals surface area (Å²) in [5, 5.41) is 0.776. The minimum Gasteiger partial charge on any atom is -0.378 e. The van der Waals surface area contributed by atoms with Crippen molar-refractivity contribution in [1.82, 2.24) is 14.7 Å². The number of thiophene rings is 1. The second kappa shape index (κ2) is 11.5. The molecule has 2 aliphatic heterocycles. The fourth-order valence-electron chi connectivity index (χ4n) is 3.87. The van der Waals surface area contributed by atoms with Crippen molar-refractivity contribution >= 4 is 46.5 Å². The minimum atomic E-state index is 0.100. The average molecular weight is 494 g/mol. The maximum atomic E-state index is 12.5. The fraction of sp³-hybridized carbons (Fsp3) is 0.478. The first-order valence-electron chi connectivity index (χ1n) is 10.9. The number of rotatable bonds is 7. The molecule has 0 bridgehead atoms. The summed E-state index contributed by atoms with van der Waals surface area (Å²) in [7, 11) is 0. The Labute approximate surface area is 202 Å². The van der Waals surface area contributed by atoms with Crippen molar-refractivity contribution in [3.63, 3.8) is 0 Å². The molecular formula is C23H28ClN3O3S2. The van der Waals surface area contributed by atoms with E-state index in [1.807, 2.05) is 28.0 Å². The quantitative estimate of drug-likeness (QED) is 0.592. The summed E-state index contributed by atoms with van der Waals surface area (Å²) in [6, 6.07) is 12.2. The maximum absolute atomic E-state index is 12.5. The summed E-state index contributed by atoms with van der Waals surface area (Å²) < 4.78 is 5.27. The largest absolute Gasteiger partial charge is 0.378 e. The maximum Gasteiger partial charge on any atom is 0.232 e. The zero-order valence-corrected chi connectivity index (χ0v) is 20.4. The van der Waals surface area contributed by atoms with Gasteiger partial charge in [0.1, 0.15) is 0 Å². The Kier molecular flexibility index (Phi) is 8.49. The van der Waals surface area contributed by atoms with Crippen LogP contribution in [-0.4, -0.2) is 90.5 Å². The molecule has 172 valence electrons. The summed E-state index contributed by atoms with van der Waals surface area (Å²) >= 11 is 9.52. The van der Waals surface area contributed by atoms with Gasteiger partial charge in [0.2, 0.25) is 11.8 Å². The van der Waals surface area contributed by atoms with E-state index in [1.54, 1.807) is 11.3 Å². The number of morpholine rings is 1. The number of carbonyl (C=O) groups excluding carboxylic acids is 2. The third-order valence-electron chi connectivity index (χ3n) is 5.72. The third kappa shape index (κ3) is 6.26. The lowest BCUT2D eigenvalue weighted by Gasteiger charge is -2.34. The first kappa shape index (κ1) is 23.6. The van der Waals surface area contributed by atoms with Gasteiger partial charge in [0, 0.05) is 66.2 Å². The summed E-state index contributed by atoms with van der Waals surface area (Å²) in [4.78, 5) is 33.4. The molecule has 4 rings (SSSR count). The number of amides is 2. The Balaban J connectivity index is 1.18. The molecule has 2 fully saturated rings. The van der Waals surface area contributed by atoms with Crippen LogP contribution in [-0.2, 0) is 20.9 Å². The molecule has 2 aliphatic rings. The molecule has 0 unspecified atom stereocenters. The number of benzene rings is 1. The van der Waals surface area contributed by atoms with Crippen LogP contribution in [0.4, 0.5) is 0 Å². The number of carbonyl (C=O) groups is 2. The second-order valence-electron chi connectivity index (χ2n) is 7.89. The highest BCUT2D eigenvalue weighted by molar-refractivity contribution is 8.00. The number of hydrogen-bond acceptors (Lipinski definition) is 6.